The highest BCUT2D eigenvalue weighted by molar-refractivity contribution is 6.17. The summed E-state index contributed by atoms with van der Waals surface area (Å²) in [4.78, 5) is 42.4. The molecule has 32 heavy (non-hydrogen) atoms. The lowest BCUT2D eigenvalue weighted by atomic mass is 9.91. The Morgan fingerprint density at radius 2 is 1.56 bits per heavy atom. The van der Waals surface area contributed by atoms with Crippen molar-refractivity contribution in [2.24, 2.45) is 22.2 Å². The number of carbonyl (C=O) groups is 3. The van der Waals surface area contributed by atoms with Crippen LogP contribution in [0.3, 0.4) is 0 Å². The van der Waals surface area contributed by atoms with E-state index in [1.165, 1.54) is 0 Å². The first-order valence-electron chi connectivity index (χ1n) is 10.2. The van der Waals surface area contributed by atoms with Crippen molar-refractivity contribution in [2.45, 2.75) is 18.9 Å². The standard InChI is InChI=1S/C24H25N5O3/c25-22(31)20-17-10-5-4-7-15(17)12-13-18(20)21(30)19(11-6-14-28-24(26)27)29-23(32)16-8-2-1-3-9-16/h1-5,7-10,12-13,19H,6,11,14H2,(H2,25,31)(H,29,32)(H4,26,27,28)/t19-/m0/s1. The van der Waals surface area contributed by atoms with Gasteiger partial charge < -0.3 is 22.5 Å². The van der Waals surface area contributed by atoms with Gasteiger partial charge in [-0.1, -0.05) is 48.5 Å². The molecule has 0 aromatic heterocycles. The van der Waals surface area contributed by atoms with Crippen LogP contribution in [0.15, 0.2) is 71.7 Å². The fourth-order valence-electron chi connectivity index (χ4n) is 3.53. The predicted molar refractivity (Wildman–Crippen MR) is 124 cm³/mol. The van der Waals surface area contributed by atoms with Gasteiger partial charge in [0.25, 0.3) is 5.91 Å². The number of guanidine groups is 1. The second kappa shape index (κ2) is 10.2. The molecule has 164 valence electrons. The van der Waals surface area contributed by atoms with Crippen LogP contribution in [0, 0.1) is 0 Å². The van der Waals surface area contributed by atoms with Gasteiger partial charge in [0.2, 0.25) is 5.91 Å². The second-order valence-electron chi connectivity index (χ2n) is 7.28. The van der Waals surface area contributed by atoms with Gasteiger partial charge >= 0.3 is 0 Å². The number of carbonyl (C=O) groups excluding carboxylic acids is 3. The number of Topliss-reactive ketones (excluding diaryl/α,β-unsaturated/α-hetero) is 1. The first kappa shape index (κ1) is 22.5. The van der Waals surface area contributed by atoms with E-state index in [1.807, 2.05) is 12.1 Å². The zero-order valence-electron chi connectivity index (χ0n) is 17.5. The Kier molecular flexibility index (Phi) is 7.17. The molecule has 0 aliphatic carbocycles. The average Bonchev–Trinajstić information content (AvgIpc) is 2.79. The van der Waals surface area contributed by atoms with Crippen LogP contribution in [0.1, 0.15) is 43.9 Å². The van der Waals surface area contributed by atoms with E-state index in [1.54, 1.807) is 54.6 Å². The third-order valence-electron chi connectivity index (χ3n) is 5.04. The Labute approximate surface area is 185 Å². The van der Waals surface area contributed by atoms with Crippen LogP contribution in [0.2, 0.25) is 0 Å². The third-order valence-corrected chi connectivity index (χ3v) is 5.04. The number of aliphatic imine (C=N–C) groups is 1. The molecular weight excluding hydrogens is 406 g/mol. The zero-order valence-corrected chi connectivity index (χ0v) is 17.5. The SMILES string of the molecule is NC(=O)c1c(C(=O)[C@H](CCCN=C(N)N)NC(=O)c2ccccc2)ccc2ccccc12. The number of nitrogens with one attached hydrogen (secondary N) is 1. The number of benzene rings is 3. The van der Waals surface area contributed by atoms with E-state index in [0.717, 1.165) is 5.39 Å². The Morgan fingerprint density at radius 3 is 2.25 bits per heavy atom. The number of nitrogens with two attached hydrogens (primary N) is 3. The normalized spacial score (nSPS) is 11.5. The van der Waals surface area contributed by atoms with Gasteiger partial charge in [0.1, 0.15) is 0 Å². The average molecular weight is 431 g/mol. The molecule has 0 radical (unpaired) electrons. The summed E-state index contributed by atoms with van der Waals surface area (Å²) in [5.41, 5.74) is 17.1. The topological polar surface area (TPSA) is 154 Å². The fourth-order valence-corrected chi connectivity index (χ4v) is 3.53. The molecule has 3 aromatic carbocycles. The Morgan fingerprint density at radius 1 is 0.875 bits per heavy atom. The molecule has 0 aliphatic rings. The minimum atomic E-state index is -0.892. The van der Waals surface area contributed by atoms with E-state index < -0.39 is 23.6 Å². The molecule has 8 nitrogen and oxygen atoms in total. The second-order valence-corrected chi connectivity index (χ2v) is 7.28. The minimum Gasteiger partial charge on any atom is -0.370 e. The van der Waals surface area contributed by atoms with Gasteiger partial charge in [0.05, 0.1) is 11.6 Å². The van der Waals surface area contributed by atoms with Crippen molar-refractivity contribution in [2.75, 3.05) is 6.54 Å². The highest BCUT2D eigenvalue weighted by Gasteiger charge is 2.27. The molecule has 3 aromatic rings. The largest absolute Gasteiger partial charge is 0.370 e. The molecule has 0 saturated heterocycles. The fraction of sp³-hybridized carbons (Fsp3) is 0.167. The van der Waals surface area contributed by atoms with Gasteiger partial charge in [-0.15, -0.1) is 0 Å². The maximum atomic E-state index is 13.5. The Bertz CT molecular complexity index is 1170. The highest BCUT2D eigenvalue weighted by atomic mass is 16.2. The third kappa shape index (κ3) is 5.28. The number of hydrogen-bond acceptors (Lipinski definition) is 4. The van der Waals surface area contributed by atoms with Crippen molar-refractivity contribution in [3.05, 3.63) is 83.4 Å². The summed E-state index contributed by atoms with van der Waals surface area (Å²) in [6.07, 6.45) is 0.724. The van der Waals surface area contributed by atoms with E-state index in [0.29, 0.717) is 23.9 Å². The minimum absolute atomic E-state index is 0.0493. The summed E-state index contributed by atoms with van der Waals surface area (Å²) in [5.74, 6) is -1.56. The van der Waals surface area contributed by atoms with Gasteiger partial charge in [-0.05, 0) is 41.8 Å². The Balaban J connectivity index is 1.95. The number of ketones is 1. The van der Waals surface area contributed by atoms with E-state index in [9.17, 15) is 14.4 Å². The first-order valence-corrected chi connectivity index (χ1v) is 10.2. The summed E-state index contributed by atoms with van der Waals surface area (Å²) in [7, 11) is 0. The van der Waals surface area contributed by atoms with Crippen LogP contribution < -0.4 is 22.5 Å². The van der Waals surface area contributed by atoms with Gasteiger partial charge in [0, 0.05) is 17.7 Å². The number of primary amides is 1. The maximum absolute atomic E-state index is 13.5. The van der Waals surface area contributed by atoms with Gasteiger partial charge in [-0.2, -0.15) is 0 Å². The summed E-state index contributed by atoms with van der Waals surface area (Å²) < 4.78 is 0. The van der Waals surface area contributed by atoms with E-state index in [-0.39, 0.29) is 23.5 Å². The molecule has 8 heteroatoms. The highest BCUT2D eigenvalue weighted by Crippen LogP contribution is 2.24. The maximum Gasteiger partial charge on any atom is 0.251 e. The monoisotopic (exact) mass is 431 g/mol. The number of nitrogens with zero attached hydrogens (tertiary/aromatic N) is 1. The summed E-state index contributed by atoms with van der Waals surface area (Å²) >= 11 is 0. The molecule has 0 fully saturated rings. The summed E-state index contributed by atoms with van der Waals surface area (Å²) in [5, 5.41) is 4.15. The Hall–Kier alpha value is -4.20. The molecule has 0 heterocycles. The van der Waals surface area contributed by atoms with Gasteiger partial charge in [-0.3, -0.25) is 19.4 Å². The van der Waals surface area contributed by atoms with E-state index in [4.69, 9.17) is 17.2 Å². The lowest BCUT2D eigenvalue weighted by Crippen LogP contribution is -2.41. The molecule has 7 N–H and O–H groups in total. The van der Waals surface area contributed by atoms with Gasteiger partial charge in [0.15, 0.2) is 11.7 Å². The van der Waals surface area contributed by atoms with Crippen molar-refractivity contribution in [1.82, 2.24) is 5.32 Å². The molecule has 0 aliphatic heterocycles. The van der Waals surface area contributed by atoms with Crippen LogP contribution in [-0.2, 0) is 0 Å². The molecule has 0 spiro atoms. The molecule has 0 bridgehead atoms. The zero-order chi connectivity index (χ0) is 23.1. The van der Waals surface area contributed by atoms with E-state index >= 15 is 0 Å². The van der Waals surface area contributed by atoms with Crippen molar-refractivity contribution in [3.8, 4) is 0 Å². The van der Waals surface area contributed by atoms with Crippen LogP contribution in [0.25, 0.3) is 10.8 Å². The smallest absolute Gasteiger partial charge is 0.251 e. The van der Waals surface area contributed by atoms with Gasteiger partial charge in [-0.25, -0.2) is 0 Å². The molecule has 3 rings (SSSR count). The van der Waals surface area contributed by atoms with Crippen LogP contribution in [0.5, 0.6) is 0 Å². The van der Waals surface area contributed by atoms with Crippen molar-refractivity contribution >= 4 is 34.3 Å². The van der Waals surface area contributed by atoms with Crippen LogP contribution >= 0.6 is 0 Å². The molecular formula is C24H25N5O3. The summed E-state index contributed by atoms with van der Waals surface area (Å²) in [6.45, 7) is 0.299. The number of rotatable bonds is 9. The molecule has 0 unspecified atom stereocenters. The quantitative estimate of drug-likeness (QED) is 0.176. The predicted octanol–water partition coefficient (Wildman–Crippen LogP) is 1.97. The van der Waals surface area contributed by atoms with Crippen LogP contribution in [-0.4, -0.2) is 36.1 Å². The van der Waals surface area contributed by atoms with Crippen molar-refractivity contribution < 1.29 is 14.4 Å². The van der Waals surface area contributed by atoms with Crippen LogP contribution in [0.4, 0.5) is 0 Å². The molecule has 2 amide bonds. The van der Waals surface area contributed by atoms with Crippen molar-refractivity contribution in [1.29, 1.82) is 0 Å². The lowest BCUT2D eigenvalue weighted by molar-refractivity contribution is 0.0849. The lowest BCUT2D eigenvalue weighted by Gasteiger charge is -2.19. The number of hydrogen-bond donors (Lipinski definition) is 4. The summed E-state index contributed by atoms with van der Waals surface area (Å²) in [6, 6.07) is 18.2. The number of amides is 2. The van der Waals surface area contributed by atoms with Crippen molar-refractivity contribution in [3.63, 3.8) is 0 Å². The molecule has 0 saturated carbocycles. The first-order chi connectivity index (χ1) is 15.4. The molecule has 1 atom stereocenters. The van der Waals surface area contributed by atoms with E-state index in [2.05, 4.69) is 10.3 Å². The number of fused-ring (bicyclic) bond motifs is 1.